The molecule has 0 bridgehead atoms. The maximum absolute atomic E-state index is 12.1. The zero-order chi connectivity index (χ0) is 18.9. The molecule has 2 aromatic rings. The van der Waals surface area contributed by atoms with Crippen molar-refractivity contribution in [1.82, 2.24) is 5.32 Å². The second-order valence-electron chi connectivity index (χ2n) is 6.20. The normalized spacial score (nSPS) is 11.7. The molecule has 0 fully saturated rings. The molecule has 26 heavy (non-hydrogen) atoms. The lowest BCUT2D eigenvalue weighted by molar-refractivity contribution is -0.123. The van der Waals surface area contributed by atoms with Crippen LogP contribution in [0.5, 0.6) is 5.75 Å². The Morgan fingerprint density at radius 2 is 1.88 bits per heavy atom. The average molecular weight is 418 g/mol. The highest BCUT2D eigenvalue weighted by molar-refractivity contribution is 9.10. The summed E-state index contributed by atoms with van der Waals surface area (Å²) in [5, 5.41) is 2.94. The van der Waals surface area contributed by atoms with E-state index in [0.717, 1.165) is 17.3 Å². The highest BCUT2D eigenvalue weighted by Crippen LogP contribution is 2.24. The molecule has 1 unspecified atom stereocenters. The molecule has 0 saturated carbocycles. The Balaban J connectivity index is 1.84. The van der Waals surface area contributed by atoms with E-state index >= 15 is 0 Å². The van der Waals surface area contributed by atoms with Crippen LogP contribution in [0, 0.1) is 0 Å². The molecular weight excluding hydrogens is 394 g/mol. The first-order valence-electron chi connectivity index (χ1n) is 8.78. The number of rotatable bonds is 9. The molecule has 0 heterocycles. The minimum atomic E-state index is -0.191. The van der Waals surface area contributed by atoms with E-state index in [0.29, 0.717) is 17.7 Å². The van der Waals surface area contributed by atoms with Crippen molar-refractivity contribution in [2.45, 2.75) is 39.2 Å². The fourth-order valence-corrected chi connectivity index (χ4v) is 2.96. The number of hydrogen-bond donors (Lipinski definition) is 1. The molecule has 0 spiro atoms. The van der Waals surface area contributed by atoms with Gasteiger partial charge in [0.25, 0.3) is 5.91 Å². The molecule has 5 heteroatoms. The van der Waals surface area contributed by atoms with Gasteiger partial charge in [-0.3, -0.25) is 9.59 Å². The fraction of sp³-hybridized carbons (Fsp3) is 0.333. The predicted octanol–water partition coefficient (Wildman–Crippen LogP) is 4.56. The molecule has 0 aliphatic heterocycles. The van der Waals surface area contributed by atoms with E-state index < -0.39 is 0 Å². The van der Waals surface area contributed by atoms with Crippen molar-refractivity contribution in [3.63, 3.8) is 0 Å². The summed E-state index contributed by atoms with van der Waals surface area (Å²) in [6.07, 6.45) is 2.15. The van der Waals surface area contributed by atoms with Crippen LogP contribution in [0.1, 0.15) is 42.6 Å². The molecule has 2 rings (SSSR count). The minimum absolute atomic E-state index is 0.0158. The van der Waals surface area contributed by atoms with Crippen LogP contribution in [0.3, 0.4) is 0 Å². The van der Waals surface area contributed by atoms with Gasteiger partial charge < -0.3 is 10.1 Å². The molecule has 0 aliphatic rings. The number of ether oxygens (including phenoxy) is 1. The summed E-state index contributed by atoms with van der Waals surface area (Å²) in [6, 6.07) is 15.5. The maximum atomic E-state index is 12.1. The van der Waals surface area contributed by atoms with E-state index in [1.165, 1.54) is 5.56 Å². The molecule has 1 amide bonds. The van der Waals surface area contributed by atoms with Gasteiger partial charge in [-0.1, -0.05) is 53.2 Å². The van der Waals surface area contributed by atoms with Gasteiger partial charge in [0.1, 0.15) is 5.75 Å². The van der Waals surface area contributed by atoms with Gasteiger partial charge in [0, 0.05) is 16.9 Å². The molecule has 4 nitrogen and oxygen atoms in total. The van der Waals surface area contributed by atoms with Gasteiger partial charge >= 0.3 is 0 Å². The number of hydrogen-bond acceptors (Lipinski definition) is 3. The van der Waals surface area contributed by atoms with E-state index in [4.69, 9.17) is 4.74 Å². The Labute approximate surface area is 163 Å². The number of halogens is 1. The van der Waals surface area contributed by atoms with Crippen LogP contribution in [-0.4, -0.2) is 24.3 Å². The van der Waals surface area contributed by atoms with E-state index in [2.05, 4.69) is 33.4 Å². The second-order valence-corrected chi connectivity index (χ2v) is 7.11. The van der Waals surface area contributed by atoms with Gasteiger partial charge in [-0.05, 0) is 43.5 Å². The van der Waals surface area contributed by atoms with Crippen LogP contribution in [-0.2, 0) is 11.2 Å². The van der Waals surface area contributed by atoms with Crippen LogP contribution in [0.25, 0.3) is 0 Å². The zero-order valence-corrected chi connectivity index (χ0v) is 16.7. The summed E-state index contributed by atoms with van der Waals surface area (Å²) in [6.45, 7) is 3.67. The number of amides is 1. The summed E-state index contributed by atoms with van der Waals surface area (Å²) in [5.74, 6) is 0.230. The quantitative estimate of drug-likeness (QED) is 0.608. The Morgan fingerprint density at radius 1 is 1.15 bits per heavy atom. The smallest absolute Gasteiger partial charge is 0.258 e. The van der Waals surface area contributed by atoms with Crippen molar-refractivity contribution in [3.05, 3.63) is 64.1 Å². The van der Waals surface area contributed by atoms with Crippen molar-refractivity contribution in [1.29, 1.82) is 0 Å². The molecule has 2 aromatic carbocycles. The first-order valence-corrected chi connectivity index (χ1v) is 9.57. The first-order chi connectivity index (χ1) is 12.5. The van der Waals surface area contributed by atoms with Crippen LogP contribution >= 0.6 is 15.9 Å². The Hall–Kier alpha value is -2.14. The lowest BCUT2D eigenvalue weighted by Crippen LogP contribution is -2.36. The third-order valence-electron chi connectivity index (χ3n) is 4.04. The molecule has 0 aromatic heterocycles. The summed E-state index contributed by atoms with van der Waals surface area (Å²) in [4.78, 5) is 24.2. The van der Waals surface area contributed by atoms with Crippen LogP contribution in [0.15, 0.2) is 53.0 Å². The number of ketones is 1. The van der Waals surface area contributed by atoms with Crippen molar-refractivity contribution >= 4 is 27.6 Å². The largest absolute Gasteiger partial charge is 0.483 e. The van der Waals surface area contributed by atoms with Gasteiger partial charge in [-0.25, -0.2) is 0 Å². The van der Waals surface area contributed by atoms with Gasteiger partial charge in [-0.15, -0.1) is 0 Å². The third kappa shape index (κ3) is 6.30. The molecule has 0 saturated heterocycles. The Kier molecular flexibility index (Phi) is 7.85. The lowest BCUT2D eigenvalue weighted by Gasteiger charge is -2.15. The monoisotopic (exact) mass is 417 g/mol. The Bertz CT molecular complexity index is 746. The van der Waals surface area contributed by atoms with E-state index in [1.807, 2.05) is 25.1 Å². The summed E-state index contributed by atoms with van der Waals surface area (Å²) in [5.41, 5.74) is 1.74. The number of carbonyl (C=O) groups excluding carboxylic acids is 2. The van der Waals surface area contributed by atoms with E-state index in [-0.39, 0.29) is 24.3 Å². The third-order valence-corrected chi connectivity index (χ3v) is 4.53. The van der Waals surface area contributed by atoms with Crippen molar-refractivity contribution in [3.8, 4) is 5.75 Å². The maximum Gasteiger partial charge on any atom is 0.258 e. The Morgan fingerprint density at radius 3 is 2.58 bits per heavy atom. The minimum Gasteiger partial charge on any atom is -0.483 e. The van der Waals surface area contributed by atoms with Gasteiger partial charge in [0.15, 0.2) is 12.4 Å². The average Bonchev–Trinajstić information content (AvgIpc) is 2.65. The highest BCUT2D eigenvalue weighted by Gasteiger charge is 2.14. The number of nitrogens with one attached hydrogen (secondary N) is 1. The number of benzene rings is 2. The number of carbonyl (C=O) groups is 2. The molecule has 138 valence electrons. The number of Topliss-reactive ketones (excluding diaryl/α,β-unsaturated/α-hetero) is 1. The number of aryl methyl sites for hydroxylation is 1. The molecule has 1 N–H and O–H groups in total. The SMILES string of the molecule is CCC(=O)c1cc(Br)ccc1OCC(=O)NC(C)CCc1ccccc1. The summed E-state index contributed by atoms with van der Waals surface area (Å²) >= 11 is 3.36. The van der Waals surface area contributed by atoms with Crippen molar-refractivity contribution in [2.75, 3.05) is 6.61 Å². The van der Waals surface area contributed by atoms with Gasteiger partial charge in [0.2, 0.25) is 0 Å². The van der Waals surface area contributed by atoms with Crippen molar-refractivity contribution in [2.24, 2.45) is 0 Å². The predicted molar refractivity (Wildman–Crippen MR) is 107 cm³/mol. The molecule has 0 radical (unpaired) electrons. The van der Waals surface area contributed by atoms with E-state index in [9.17, 15) is 9.59 Å². The molecule has 1 atom stereocenters. The van der Waals surface area contributed by atoms with Gasteiger partial charge in [-0.2, -0.15) is 0 Å². The standard InChI is InChI=1S/C21H24BrNO3/c1-3-19(24)18-13-17(22)11-12-20(18)26-14-21(25)23-15(2)9-10-16-7-5-4-6-8-16/h4-8,11-13,15H,3,9-10,14H2,1-2H3,(H,23,25). The summed E-state index contributed by atoms with van der Waals surface area (Å²) in [7, 11) is 0. The highest BCUT2D eigenvalue weighted by atomic mass is 79.9. The van der Waals surface area contributed by atoms with Crippen LogP contribution < -0.4 is 10.1 Å². The van der Waals surface area contributed by atoms with Gasteiger partial charge in [0.05, 0.1) is 5.56 Å². The first kappa shape index (κ1) is 20.2. The van der Waals surface area contributed by atoms with E-state index in [1.54, 1.807) is 25.1 Å². The second kappa shape index (κ2) is 10.1. The van der Waals surface area contributed by atoms with Crippen molar-refractivity contribution < 1.29 is 14.3 Å². The topological polar surface area (TPSA) is 55.4 Å². The molecule has 0 aliphatic carbocycles. The van der Waals surface area contributed by atoms with Crippen LogP contribution in [0.2, 0.25) is 0 Å². The van der Waals surface area contributed by atoms with Crippen LogP contribution in [0.4, 0.5) is 0 Å². The fourth-order valence-electron chi connectivity index (χ4n) is 2.60. The lowest BCUT2D eigenvalue weighted by atomic mass is 10.1. The molecular formula is C21H24BrNO3. The zero-order valence-electron chi connectivity index (χ0n) is 15.1. The summed E-state index contributed by atoms with van der Waals surface area (Å²) < 4.78 is 6.39.